The van der Waals surface area contributed by atoms with Crippen LogP contribution in [0.25, 0.3) is 0 Å². The minimum atomic E-state index is -7.22. The molecule has 8 rings (SSSR count). The van der Waals surface area contributed by atoms with Gasteiger partial charge in [-0.15, -0.1) is 21.9 Å². The number of halogens is 20. The SMILES string of the molecule is Fc1c(F)c(F)c([B-](c2c(F)c(F)c(F)c(F)c2F)(c2c(F)c(F)c(F)c(F)c2F)c2c(F)c(F)c(F)c(F)c2F)c(F)c1F.O=[N+]([O-])c1cccc(O[P+](c2ccccc2)(c2ccccc2)c2ccccc2)c1. The molecule has 382 valence electrons. The molecule has 0 aromatic heterocycles. The highest BCUT2D eigenvalue weighted by molar-refractivity contribution is 7.92. The van der Waals surface area contributed by atoms with Crippen molar-refractivity contribution in [3.05, 3.63) is 242 Å². The summed E-state index contributed by atoms with van der Waals surface area (Å²) in [6, 6.07) is 36.6. The summed E-state index contributed by atoms with van der Waals surface area (Å²) in [6.07, 6.45) is -7.22. The second-order valence-corrected chi connectivity index (χ2v) is 18.2. The van der Waals surface area contributed by atoms with E-state index in [1.807, 2.05) is 54.6 Å². The van der Waals surface area contributed by atoms with E-state index in [2.05, 4.69) is 36.4 Å². The fraction of sp³-hybridized carbons (Fsp3) is 0. The first-order chi connectivity index (χ1) is 34.9. The largest absolute Gasteiger partial charge is 0.334 e. The number of nitrogens with zero attached hydrogens (tertiary/aromatic N) is 1. The van der Waals surface area contributed by atoms with Crippen molar-refractivity contribution in [1.29, 1.82) is 0 Å². The lowest BCUT2D eigenvalue weighted by atomic mass is 9.12. The van der Waals surface area contributed by atoms with Crippen LogP contribution in [0.5, 0.6) is 5.75 Å². The zero-order valence-electron chi connectivity index (χ0n) is 35.7. The Balaban J connectivity index is 0.000000237. The molecule has 26 heteroatoms. The first-order valence-corrected chi connectivity index (χ1v) is 21.8. The first-order valence-electron chi connectivity index (χ1n) is 20.1. The Morgan fingerprint density at radius 2 is 0.554 bits per heavy atom. The predicted molar refractivity (Wildman–Crippen MR) is 228 cm³/mol. The molecule has 0 amide bonds. The third-order valence-corrected chi connectivity index (χ3v) is 14.9. The smallest absolute Gasteiger partial charge is 0.287 e. The molecule has 0 atom stereocenters. The molecule has 0 aliphatic rings. The molecule has 0 saturated heterocycles. The van der Waals surface area contributed by atoms with Crippen molar-refractivity contribution in [1.82, 2.24) is 0 Å². The van der Waals surface area contributed by atoms with Crippen molar-refractivity contribution >= 4 is 57.1 Å². The molecule has 0 heterocycles. The highest BCUT2D eigenvalue weighted by Crippen LogP contribution is 2.56. The molecule has 4 nitrogen and oxygen atoms in total. The van der Waals surface area contributed by atoms with Crippen LogP contribution < -0.4 is 42.3 Å². The minimum Gasteiger partial charge on any atom is -0.334 e. The molecule has 0 aliphatic carbocycles. The molecule has 0 bridgehead atoms. The maximum Gasteiger partial charge on any atom is 0.287 e. The van der Waals surface area contributed by atoms with Gasteiger partial charge in [-0.3, -0.25) is 10.1 Å². The van der Waals surface area contributed by atoms with Gasteiger partial charge in [0, 0.05) is 6.07 Å². The van der Waals surface area contributed by atoms with Gasteiger partial charge in [0.15, 0.2) is 75.6 Å². The van der Waals surface area contributed by atoms with Crippen LogP contribution >= 0.6 is 7.49 Å². The highest BCUT2D eigenvalue weighted by Gasteiger charge is 2.53. The van der Waals surface area contributed by atoms with E-state index in [1.54, 1.807) is 12.1 Å². The Kier molecular flexibility index (Phi) is 14.9. The molecular weight excluding hydrogens is 1060 g/mol. The van der Waals surface area contributed by atoms with Gasteiger partial charge in [0.25, 0.3) is 13.2 Å². The number of hydrogen-bond acceptors (Lipinski definition) is 3. The number of non-ortho nitro benzene ring substituents is 1. The Labute approximate surface area is 401 Å². The third-order valence-electron chi connectivity index (χ3n) is 11.3. The van der Waals surface area contributed by atoms with E-state index >= 15 is 35.1 Å². The van der Waals surface area contributed by atoms with E-state index in [9.17, 15) is 62.8 Å². The molecule has 8 aromatic rings. The summed E-state index contributed by atoms with van der Waals surface area (Å²) in [6.45, 7) is 0. The van der Waals surface area contributed by atoms with Gasteiger partial charge < -0.3 is 4.52 Å². The van der Waals surface area contributed by atoms with Crippen molar-refractivity contribution in [2.75, 3.05) is 0 Å². The molecule has 0 saturated carbocycles. The van der Waals surface area contributed by atoms with Gasteiger partial charge >= 0.3 is 0 Å². The number of hydrogen-bond donors (Lipinski definition) is 0. The third kappa shape index (κ3) is 8.50. The van der Waals surface area contributed by atoms with E-state index in [0.29, 0.717) is 5.75 Å². The summed E-state index contributed by atoms with van der Waals surface area (Å²) in [7, 11) is -2.55. The average molecular weight is 1080 g/mol. The predicted octanol–water partition coefficient (Wildman–Crippen LogP) is 10.7. The molecule has 0 unspecified atom stereocenters. The standard InChI is InChI=1S/C24BF20.C24H19NO3P/c26-5-1(6(27)14(35)21(42)13(5)34)25(2-7(28)15(36)22(43)16(37)8(2)29,3-9(30)17(38)23(44)18(39)10(3)31)4-11(32)19(40)24(45)20(41)12(4)33;26-25(27)20-11-10-12-21(19-20)28-29(22-13-4-1-5-14-22,23-15-6-2-7-16-23)24-17-8-3-9-18-24/h;1-19H/q-1;+1. The van der Waals surface area contributed by atoms with Crippen molar-refractivity contribution in [3.63, 3.8) is 0 Å². The quantitative estimate of drug-likeness (QED) is 0.0261. The average Bonchev–Trinajstić information content (AvgIpc) is 3.41. The fourth-order valence-corrected chi connectivity index (χ4v) is 11.6. The van der Waals surface area contributed by atoms with Crippen molar-refractivity contribution in [2.24, 2.45) is 0 Å². The molecule has 8 aromatic carbocycles. The fourth-order valence-electron chi connectivity index (χ4n) is 8.21. The molecule has 0 aliphatic heterocycles. The molecule has 0 fully saturated rings. The van der Waals surface area contributed by atoms with Crippen LogP contribution in [0.15, 0.2) is 115 Å². The lowest BCUT2D eigenvalue weighted by Crippen LogP contribution is -2.81. The topological polar surface area (TPSA) is 52.4 Å². The van der Waals surface area contributed by atoms with Crippen molar-refractivity contribution in [3.8, 4) is 5.75 Å². The van der Waals surface area contributed by atoms with Gasteiger partial charge in [0.05, 0.1) is 11.0 Å². The molecule has 0 N–H and O–H groups in total. The zero-order valence-corrected chi connectivity index (χ0v) is 36.6. The lowest BCUT2D eigenvalue weighted by Gasteiger charge is -2.44. The zero-order chi connectivity index (χ0) is 54.5. The van der Waals surface area contributed by atoms with Crippen LogP contribution in [0.2, 0.25) is 0 Å². The number of nitro benzene ring substituents is 1. The second-order valence-electron chi connectivity index (χ2n) is 15.3. The normalized spacial score (nSPS) is 11.6. The van der Waals surface area contributed by atoms with Crippen LogP contribution in [0.4, 0.5) is 93.5 Å². The van der Waals surface area contributed by atoms with Crippen molar-refractivity contribution in [2.45, 2.75) is 0 Å². The van der Waals surface area contributed by atoms with Crippen LogP contribution in [-0.2, 0) is 0 Å². The summed E-state index contributed by atoms with van der Waals surface area (Å²) >= 11 is 0. The molecular formula is C48H19BF20NO3P. The minimum absolute atomic E-state index is 0.00906. The molecule has 0 spiro atoms. The summed E-state index contributed by atoms with van der Waals surface area (Å²) in [5, 5.41) is 14.4. The van der Waals surface area contributed by atoms with Gasteiger partial charge in [-0.05, 0) is 42.5 Å². The van der Waals surface area contributed by atoms with Crippen LogP contribution in [0.3, 0.4) is 0 Å². The van der Waals surface area contributed by atoms with Crippen LogP contribution in [-0.4, -0.2) is 11.1 Å². The van der Waals surface area contributed by atoms with E-state index in [1.165, 1.54) is 12.1 Å². The second kappa shape index (κ2) is 20.5. The van der Waals surface area contributed by atoms with Gasteiger partial charge in [0.2, 0.25) is 0 Å². The number of nitro groups is 1. The Hall–Kier alpha value is -7.95. The first kappa shape index (κ1) is 53.8. The summed E-state index contributed by atoms with van der Waals surface area (Å²) < 4.78 is 301. The summed E-state index contributed by atoms with van der Waals surface area (Å²) in [5.41, 5.74) is -14.3. The monoisotopic (exact) mass is 1080 g/mol. The van der Waals surface area contributed by atoms with Crippen LogP contribution in [0, 0.1) is 126 Å². The summed E-state index contributed by atoms with van der Waals surface area (Å²) in [4.78, 5) is 10.9. The van der Waals surface area contributed by atoms with E-state index in [4.69, 9.17) is 4.52 Å². The highest BCUT2D eigenvalue weighted by atomic mass is 31.2. The Morgan fingerprint density at radius 3 is 0.784 bits per heavy atom. The van der Waals surface area contributed by atoms with E-state index < -0.39 is 157 Å². The van der Waals surface area contributed by atoms with E-state index in [-0.39, 0.29) is 5.69 Å². The van der Waals surface area contributed by atoms with Crippen molar-refractivity contribution < 1.29 is 97.3 Å². The van der Waals surface area contributed by atoms with Gasteiger partial charge in [-0.25, -0.2) is 87.8 Å². The molecule has 0 radical (unpaired) electrons. The van der Waals surface area contributed by atoms with Gasteiger partial charge in [0.1, 0.15) is 68.6 Å². The maximum atomic E-state index is 15.4. The number of benzene rings is 8. The maximum absolute atomic E-state index is 15.4. The van der Waals surface area contributed by atoms with Gasteiger partial charge in [-0.2, -0.15) is 0 Å². The Bertz CT molecular complexity index is 3050. The van der Waals surface area contributed by atoms with Crippen LogP contribution in [0.1, 0.15) is 0 Å². The van der Waals surface area contributed by atoms with E-state index in [0.717, 1.165) is 15.9 Å². The Morgan fingerprint density at radius 1 is 0.324 bits per heavy atom. The molecule has 74 heavy (non-hydrogen) atoms. The summed E-state index contributed by atoms with van der Waals surface area (Å²) in [5.74, 6) is -70.9. The van der Waals surface area contributed by atoms with Gasteiger partial charge in [-0.1, -0.05) is 60.7 Å². The number of rotatable bonds is 10. The lowest BCUT2D eigenvalue weighted by molar-refractivity contribution is -0.384.